The summed E-state index contributed by atoms with van der Waals surface area (Å²) in [6.45, 7) is 4.55. The van der Waals surface area contributed by atoms with Crippen LogP contribution in [0, 0.1) is 12.8 Å². The first-order valence-electron chi connectivity index (χ1n) is 9.40. The van der Waals surface area contributed by atoms with Crippen LogP contribution in [0.1, 0.15) is 41.4 Å². The number of halogens is 3. The molecule has 1 aromatic carbocycles. The van der Waals surface area contributed by atoms with Crippen molar-refractivity contribution in [1.29, 1.82) is 0 Å². The number of hydrogen-bond donors (Lipinski definition) is 0. The SMILES string of the molecule is CCOC(=O)C1CCN(C(=O)c2cnn(-c3cccc(C(F)(F)F)c3)c2C)CC1. The van der Waals surface area contributed by atoms with Gasteiger partial charge in [0.05, 0.1) is 41.2 Å². The van der Waals surface area contributed by atoms with Crippen molar-refractivity contribution < 1.29 is 27.5 Å². The number of piperidine rings is 1. The molecule has 0 aliphatic carbocycles. The van der Waals surface area contributed by atoms with Gasteiger partial charge in [0.25, 0.3) is 5.91 Å². The number of amides is 1. The first-order chi connectivity index (χ1) is 13.7. The van der Waals surface area contributed by atoms with Gasteiger partial charge < -0.3 is 9.64 Å². The topological polar surface area (TPSA) is 64.4 Å². The second kappa shape index (κ2) is 8.26. The molecule has 2 heterocycles. The molecule has 0 unspecified atom stereocenters. The molecule has 0 saturated carbocycles. The van der Waals surface area contributed by atoms with E-state index in [4.69, 9.17) is 4.74 Å². The van der Waals surface area contributed by atoms with Crippen LogP contribution in [-0.4, -0.2) is 46.3 Å². The normalized spacial score (nSPS) is 15.4. The zero-order chi connectivity index (χ0) is 21.2. The second-order valence-corrected chi connectivity index (χ2v) is 6.92. The summed E-state index contributed by atoms with van der Waals surface area (Å²) >= 11 is 0. The summed E-state index contributed by atoms with van der Waals surface area (Å²) < 4.78 is 45.3. The monoisotopic (exact) mass is 409 g/mol. The molecule has 0 radical (unpaired) electrons. The molecule has 1 aromatic heterocycles. The number of nitrogens with zero attached hydrogens (tertiary/aromatic N) is 3. The van der Waals surface area contributed by atoms with Gasteiger partial charge in [0.15, 0.2) is 0 Å². The van der Waals surface area contributed by atoms with Crippen molar-refractivity contribution in [3.63, 3.8) is 0 Å². The van der Waals surface area contributed by atoms with Crippen LogP contribution >= 0.6 is 0 Å². The average molecular weight is 409 g/mol. The smallest absolute Gasteiger partial charge is 0.416 e. The maximum Gasteiger partial charge on any atom is 0.416 e. The van der Waals surface area contributed by atoms with Gasteiger partial charge in [-0.15, -0.1) is 0 Å². The van der Waals surface area contributed by atoms with Crippen LogP contribution < -0.4 is 0 Å². The van der Waals surface area contributed by atoms with Crippen LogP contribution in [0.3, 0.4) is 0 Å². The maximum absolute atomic E-state index is 13.0. The molecule has 1 aliphatic heterocycles. The predicted molar refractivity (Wildman–Crippen MR) is 98.6 cm³/mol. The summed E-state index contributed by atoms with van der Waals surface area (Å²) in [4.78, 5) is 26.3. The van der Waals surface area contributed by atoms with E-state index in [1.54, 1.807) is 18.7 Å². The van der Waals surface area contributed by atoms with Crippen LogP contribution in [0.15, 0.2) is 30.5 Å². The van der Waals surface area contributed by atoms with Gasteiger partial charge in [0.2, 0.25) is 0 Å². The average Bonchev–Trinajstić information content (AvgIpc) is 3.08. The maximum atomic E-state index is 13.0. The Hall–Kier alpha value is -2.84. The van der Waals surface area contributed by atoms with Crippen LogP contribution in [0.2, 0.25) is 0 Å². The molecule has 2 aromatic rings. The number of likely N-dealkylation sites (tertiary alicyclic amines) is 1. The fourth-order valence-corrected chi connectivity index (χ4v) is 3.44. The lowest BCUT2D eigenvalue weighted by molar-refractivity contribution is -0.149. The van der Waals surface area contributed by atoms with Gasteiger partial charge in [-0.05, 0) is 44.9 Å². The molecular formula is C20H22F3N3O3. The first-order valence-corrected chi connectivity index (χ1v) is 9.40. The number of aromatic nitrogens is 2. The third-order valence-electron chi connectivity index (χ3n) is 5.06. The largest absolute Gasteiger partial charge is 0.466 e. The number of carbonyl (C=O) groups excluding carboxylic acids is 2. The van der Waals surface area contributed by atoms with Gasteiger partial charge in [-0.3, -0.25) is 9.59 Å². The number of esters is 1. The Morgan fingerprint density at radius 3 is 2.55 bits per heavy atom. The summed E-state index contributed by atoms with van der Waals surface area (Å²) in [7, 11) is 0. The number of alkyl halides is 3. The second-order valence-electron chi connectivity index (χ2n) is 6.92. The van der Waals surface area contributed by atoms with E-state index >= 15 is 0 Å². The quantitative estimate of drug-likeness (QED) is 0.724. The van der Waals surface area contributed by atoms with Gasteiger partial charge in [0, 0.05) is 13.1 Å². The lowest BCUT2D eigenvalue weighted by atomic mass is 9.96. The Morgan fingerprint density at radius 2 is 1.93 bits per heavy atom. The Bertz CT molecular complexity index is 900. The lowest BCUT2D eigenvalue weighted by Crippen LogP contribution is -2.40. The summed E-state index contributed by atoms with van der Waals surface area (Å²) in [5.41, 5.74) is 0.245. The Kier molecular flexibility index (Phi) is 5.95. The van der Waals surface area contributed by atoms with Crippen molar-refractivity contribution in [2.75, 3.05) is 19.7 Å². The van der Waals surface area contributed by atoms with Crippen molar-refractivity contribution in [2.45, 2.75) is 32.9 Å². The molecule has 0 spiro atoms. The van der Waals surface area contributed by atoms with E-state index in [9.17, 15) is 22.8 Å². The fourth-order valence-electron chi connectivity index (χ4n) is 3.44. The molecule has 1 saturated heterocycles. The van der Waals surface area contributed by atoms with Gasteiger partial charge in [-0.2, -0.15) is 18.3 Å². The molecule has 29 heavy (non-hydrogen) atoms. The van der Waals surface area contributed by atoms with E-state index < -0.39 is 11.7 Å². The summed E-state index contributed by atoms with van der Waals surface area (Å²) in [6.07, 6.45) is -2.05. The highest BCUT2D eigenvalue weighted by Gasteiger charge is 2.32. The van der Waals surface area contributed by atoms with Crippen molar-refractivity contribution in [1.82, 2.24) is 14.7 Å². The van der Waals surface area contributed by atoms with E-state index in [2.05, 4.69) is 5.10 Å². The van der Waals surface area contributed by atoms with E-state index in [0.717, 1.165) is 12.1 Å². The van der Waals surface area contributed by atoms with E-state index in [1.165, 1.54) is 23.0 Å². The minimum absolute atomic E-state index is 0.215. The number of ether oxygens (including phenoxy) is 1. The van der Waals surface area contributed by atoms with Crippen LogP contribution in [0.4, 0.5) is 13.2 Å². The molecule has 1 aliphatic rings. The highest BCUT2D eigenvalue weighted by Crippen LogP contribution is 2.30. The third kappa shape index (κ3) is 4.44. The molecule has 3 rings (SSSR count). The van der Waals surface area contributed by atoms with Crippen LogP contribution in [-0.2, 0) is 15.7 Å². The number of carbonyl (C=O) groups is 2. The van der Waals surface area contributed by atoms with Gasteiger partial charge in [0.1, 0.15) is 0 Å². The first kappa shape index (κ1) is 20.9. The van der Waals surface area contributed by atoms with E-state index in [0.29, 0.717) is 43.8 Å². The zero-order valence-electron chi connectivity index (χ0n) is 16.2. The molecular weight excluding hydrogens is 387 g/mol. The molecule has 156 valence electrons. The molecule has 1 fully saturated rings. The van der Waals surface area contributed by atoms with Crippen molar-refractivity contribution in [2.24, 2.45) is 5.92 Å². The predicted octanol–water partition coefficient (Wildman–Crippen LogP) is 3.61. The lowest BCUT2D eigenvalue weighted by Gasteiger charge is -2.30. The molecule has 0 bridgehead atoms. The van der Waals surface area contributed by atoms with Gasteiger partial charge in [-0.1, -0.05) is 6.07 Å². The minimum atomic E-state index is -4.46. The van der Waals surface area contributed by atoms with Crippen molar-refractivity contribution in [3.05, 3.63) is 47.3 Å². The Morgan fingerprint density at radius 1 is 1.24 bits per heavy atom. The van der Waals surface area contributed by atoms with E-state index in [-0.39, 0.29) is 23.5 Å². The number of benzene rings is 1. The molecule has 0 N–H and O–H groups in total. The van der Waals surface area contributed by atoms with Gasteiger partial charge in [-0.25, -0.2) is 4.68 Å². The van der Waals surface area contributed by atoms with Crippen molar-refractivity contribution in [3.8, 4) is 5.69 Å². The van der Waals surface area contributed by atoms with Crippen LogP contribution in [0.25, 0.3) is 5.69 Å². The Balaban J connectivity index is 1.75. The molecule has 0 atom stereocenters. The summed E-state index contributed by atoms with van der Waals surface area (Å²) in [5, 5.41) is 4.12. The van der Waals surface area contributed by atoms with Crippen molar-refractivity contribution >= 4 is 11.9 Å². The van der Waals surface area contributed by atoms with Crippen LogP contribution in [0.5, 0.6) is 0 Å². The number of hydrogen-bond acceptors (Lipinski definition) is 4. The highest BCUT2D eigenvalue weighted by atomic mass is 19.4. The third-order valence-corrected chi connectivity index (χ3v) is 5.06. The van der Waals surface area contributed by atoms with E-state index in [1.807, 2.05) is 0 Å². The molecule has 9 heteroatoms. The standard InChI is InChI=1S/C20H22F3N3O3/c1-3-29-19(28)14-7-9-25(10-8-14)18(27)17-12-24-26(13(17)2)16-6-4-5-15(11-16)20(21,22)23/h4-6,11-12,14H,3,7-10H2,1-2H3. The number of rotatable bonds is 4. The summed E-state index contributed by atoms with van der Waals surface area (Å²) in [6, 6.07) is 4.80. The zero-order valence-corrected chi connectivity index (χ0v) is 16.2. The Labute approximate surface area is 166 Å². The highest BCUT2D eigenvalue weighted by molar-refractivity contribution is 5.95. The van der Waals surface area contributed by atoms with Gasteiger partial charge >= 0.3 is 12.1 Å². The fraction of sp³-hybridized carbons (Fsp3) is 0.450. The summed E-state index contributed by atoms with van der Waals surface area (Å²) in [5.74, 6) is -0.705. The molecule has 1 amide bonds. The minimum Gasteiger partial charge on any atom is -0.466 e. The molecule has 6 nitrogen and oxygen atoms in total.